The highest BCUT2D eigenvalue weighted by Crippen LogP contribution is 2.25. The number of hydrogen-bond acceptors (Lipinski definition) is 5. The third-order valence-corrected chi connectivity index (χ3v) is 4.27. The van der Waals surface area contributed by atoms with Gasteiger partial charge in [-0.05, 0) is 20.8 Å². The molecule has 0 saturated carbocycles. The summed E-state index contributed by atoms with van der Waals surface area (Å²) in [5.41, 5.74) is 0.469. The zero-order valence-corrected chi connectivity index (χ0v) is 14.4. The average Bonchev–Trinajstić information content (AvgIpc) is 3.06. The smallest absolute Gasteiger partial charge is 0.272 e. The summed E-state index contributed by atoms with van der Waals surface area (Å²) in [6.07, 6.45) is 1.43. The molecular weight excluding hydrogens is 324 g/mol. The fourth-order valence-electron chi connectivity index (χ4n) is 2.83. The Morgan fingerprint density at radius 1 is 1.48 bits per heavy atom. The minimum absolute atomic E-state index is 0.0232. The molecule has 1 amide bonds. The summed E-state index contributed by atoms with van der Waals surface area (Å²) < 4.78 is 5.64. The second-order valence-corrected chi connectivity index (χ2v) is 6.80. The Hall–Kier alpha value is -2.74. The Morgan fingerprint density at radius 2 is 2.24 bits per heavy atom. The number of aromatic nitrogens is 2. The Morgan fingerprint density at radius 3 is 2.96 bits per heavy atom. The van der Waals surface area contributed by atoms with Crippen LogP contribution in [0.1, 0.15) is 31.3 Å². The number of carbonyl (C=O) groups excluding carboxylic acids is 1. The summed E-state index contributed by atoms with van der Waals surface area (Å²) in [5, 5.41) is 10.9. The van der Waals surface area contributed by atoms with Crippen LogP contribution in [0.15, 0.2) is 30.5 Å². The van der Waals surface area contributed by atoms with E-state index in [0.29, 0.717) is 30.2 Å². The van der Waals surface area contributed by atoms with E-state index in [1.807, 2.05) is 20.8 Å². The lowest BCUT2D eigenvalue weighted by Crippen LogP contribution is -2.57. The van der Waals surface area contributed by atoms with Crippen molar-refractivity contribution in [1.82, 2.24) is 14.9 Å². The molecule has 3 rings (SSSR count). The van der Waals surface area contributed by atoms with Gasteiger partial charge in [0, 0.05) is 24.2 Å². The number of non-ortho nitro benzene ring substituents is 1. The van der Waals surface area contributed by atoms with Gasteiger partial charge in [-0.25, -0.2) is 4.98 Å². The number of hydrogen-bond donors (Lipinski definition) is 1. The summed E-state index contributed by atoms with van der Waals surface area (Å²) in [5.74, 6) is 0.260. The molecule has 1 aliphatic rings. The van der Waals surface area contributed by atoms with E-state index >= 15 is 0 Å². The van der Waals surface area contributed by atoms with Gasteiger partial charge in [-0.15, -0.1) is 0 Å². The number of nitrogens with zero attached hydrogens (tertiary/aromatic N) is 3. The molecule has 25 heavy (non-hydrogen) atoms. The number of aromatic amines is 1. The van der Waals surface area contributed by atoms with Crippen LogP contribution in [-0.4, -0.2) is 50.5 Å². The number of rotatable bonds is 3. The maximum Gasteiger partial charge on any atom is 0.272 e. The van der Waals surface area contributed by atoms with Crippen molar-refractivity contribution in [3.05, 3.63) is 46.3 Å². The monoisotopic (exact) mass is 344 g/mol. The first-order valence-corrected chi connectivity index (χ1v) is 8.01. The zero-order chi connectivity index (χ0) is 18.2. The van der Waals surface area contributed by atoms with Gasteiger partial charge < -0.3 is 14.6 Å². The minimum Gasteiger partial charge on any atom is -0.374 e. The van der Waals surface area contributed by atoms with Gasteiger partial charge >= 0.3 is 0 Å². The Bertz CT molecular complexity index is 814. The number of H-pyrrole nitrogens is 1. The molecule has 1 saturated heterocycles. The van der Waals surface area contributed by atoms with Crippen molar-refractivity contribution in [3.63, 3.8) is 0 Å². The predicted octanol–water partition coefficient (Wildman–Crippen LogP) is 2.62. The Kier molecular flexibility index (Phi) is 4.30. The number of nitro benzene ring substituents is 1. The highest BCUT2D eigenvalue weighted by molar-refractivity contribution is 5.93. The van der Waals surface area contributed by atoms with Crippen LogP contribution in [0.3, 0.4) is 0 Å². The second kappa shape index (κ2) is 6.29. The fourth-order valence-corrected chi connectivity index (χ4v) is 2.83. The quantitative estimate of drug-likeness (QED) is 0.681. The van der Waals surface area contributed by atoms with Crippen molar-refractivity contribution >= 4 is 11.6 Å². The lowest BCUT2D eigenvalue weighted by atomic mass is 10.0. The first kappa shape index (κ1) is 17.1. The van der Waals surface area contributed by atoms with E-state index in [-0.39, 0.29) is 17.7 Å². The number of benzene rings is 1. The van der Waals surface area contributed by atoms with Gasteiger partial charge in [0.15, 0.2) is 0 Å². The number of morpholine rings is 1. The summed E-state index contributed by atoms with van der Waals surface area (Å²) >= 11 is 0. The van der Waals surface area contributed by atoms with Crippen LogP contribution >= 0.6 is 0 Å². The van der Waals surface area contributed by atoms with Gasteiger partial charge in [0.05, 0.1) is 29.4 Å². The van der Waals surface area contributed by atoms with Gasteiger partial charge in [-0.1, -0.05) is 12.1 Å². The molecule has 1 fully saturated rings. The normalized spacial score (nSPS) is 19.6. The molecule has 1 N–H and O–H groups in total. The molecule has 1 aliphatic heterocycles. The summed E-state index contributed by atoms with van der Waals surface area (Å²) in [6, 6.07) is 6.13. The van der Waals surface area contributed by atoms with Gasteiger partial charge in [-0.2, -0.15) is 0 Å². The molecule has 2 aromatic rings. The maximum absolute atomic E-state index is 12.9. The topological polar surface area (TPSA) is 101 Å². The third-order valence-electron chi connectivity index (χ3n) is 4.27. The number of ether oxygens (including phenoxy) is 1. The van der Waals surface area contributed by atoms with E-state index in [1.54, 1.807) is 17.0 Å². The van der Waals surface area contributed by atoms with Crippen LogP contribution in [0.5, 0.6) is 0 Å². The number of imidazole rings is 1. The lowest BCUT2D eigenvalue weighted by molar-refractivity contribution is -0.384. The molecule has 0 radical (unpaired) electrons. The molecule has 1 aromatic heterocycles. The maximum atomic E-state index is 12.9. The van der Waals surface area contributed by atoms with E-state index in [4.69, 9.17) is 4.74 Å². The van der Waals surface area contributed by atoms with Crippen LogP contribution in [0.25, 0.3) is 11.4 Å². The van der Waals surface area contributed by atoms with Crippen LogP contribution in [0.4, 0.5) is 5.69 Å². The van der Waals surface area contributed by atoms with Crippen LogP contribution < -0.4 is 0 Å². The summed E-state index contributed by atoms with van der Waals surface area (Å²) in [4.78, 5) is 32.3. The molecule has 0 aliphatic carbocycles. The lowest BCUT2D eigenvalue weighted by Gasteiger charge is -2.44. The standard InChI is InChI=1S/C17H20N4O4/c1-11-9-20(17(2,3)10-25-11)16(22)14-8-18-15(19-14)12-5-4-6-13(7-12)21(23)24/h4-8,11H,9-10H2,1-3H3,(H,18,19)/t11-/m1/s1. The first-order chi connectivity index (χ1) is 11.8. The van der Waals surface area contributed by atoms with Crippen LogP contribution in [-0.2, 0) is 4.74 Å². The van der Waals surface area contributed by atoms with Gasteiger partial charge in [0.25, 0.3) is 11.6 Å². The third kappa shape index (κ3) is 3.39. The van der Waals surface area contributed by atoms with Crippen LogP contribution in [0, 0.1) is 10.1 Å². The highest BCUT2D eigenvalue weighted by atomic mass is 16.6. The molecule has 0 bridgehead atoms. The van der Waals surface area contributed by atoms with Crippen molar-refractivity contribution in [3.8, 4) is 11.4 Å². The summed E-state index contributed by atoms with van der Waals surface area (Å²) in [7, 11) is 0. The Balaban J connectivity index is 1.87. The molecule has 0 spiro atoms. The SMILES string of the molecule is C[C@@H]1CN(C(=O)c2cnc(-c3cccc([N+](=O)[O-])c3)[nH]2)C(C)(C)CO1. The number of nitrogens with one attached hydrogen (secondary N) is 1. The Labute approximate surface area is 145 Å². The first-order valence-electron chi connectivity index (χ1n) is 8.01. The molecule has 2 heterocycles. The molecule has 1 atom stereocenters. The van der Waals surface area contributed by atoms with Crippen molar-refractivity contribution in [2.75, 3.05) is 13.2 Å². The predicted molar refractivity (Wildman–Crippen MR) is 91.2 cm³/mol. The molecule has 1 aromatic carbocycles. The largest absolute Gasteiger partial charge is 0.374 e. The fraction of sp³-hybridized carbons (Fsp3) is 0.412. The van der Waals surface area contributed by atoms with Gasteiger partial charge in [0.2, 0.25) is 0 Å². The van der Waals surface area contributed by atoms with Crippen molar-refractivity contribution in [2.24, 2.45) is 0 Å². The average molecular weight is 344 g/mol. The van der Waals surface area contributed by atoms with Crippen molar-refractivity contribution in [1.29, 1.82) is 0 Å². The van der Waals surface area contributed by atoms with E-state index < -0.39 is 10.5 Å². The number of amides is 1. The molecule has 132 valence electrons. The van der Waals surface area contributed by atoms with Crippen LogP contribution in [0.2, 0.25) is 0 Å². The van der Waals surface area contributed by atoms with Gasteiger partial charge in [0.1, 0.15) is 11.5 Å². The van der Waals surface area contributed by atoms with Crippen molar-refractivity contribution in [2.45, 2.75) is 32.4 Å². The molecular formula is C17H20N4O4. The molecule has 0 unspecified atom stereocenters. The zero-order valence-electron chi connectivity index (χ0n) is 14.4. The van der Waals surface area contributed by atoms with E-state index in [0.717, 1.165) is 0 Å². The van der Waals surface area contributed by atoms with E-state index in [2.05, 4.69) is 9.97 Å². The van der Waals surface area contributed by atoms with Gasteiger partial charge in [-0.3, -0.25) is 14.9 Å². The molecule has 8 heteroatoms. The number of carbonyl (C=O) groups is 1. The minimum atomic E-state index is -0.462. The summed E-state index contributed by atoms with van der Waals surface area (Å²) in [6.45, 7) is 6.79. The highest BCUT2D eigenvalue weighted by Gasteiger charge is 2.37. The van der Waals surface area contributed by atoms with E-state index in [9.17, 15) is 14.9 Å². The molecule has 8 nitrogen and oxygen atoms in total. The van der Waals surface area contributed by atoms with E-state index in [1.165, 1.54) is 18.3 Å². The van der Waals surface area contributed by atoms with Crippen molar-refractivity contribution < 1.29 is 14.5 Å². The second-order valence-electron chi connectivity index (χ2n) is 6.80. The number of nitro groups is 1.